The van der Waals surface area contributed by atoms with Gasteiger partial charge in [0.2, 0.25) is 0 Å². The largest absolute Gasteiger partial charge is 0.224 e. The third kappa shape index (κ3) is 4.35. The molecule has 2 nitrogen and oxygen atoms in total. The van der Waals surface area contributed by atoms with Gasteiger partial charge in [0.05, 0.1) is 10.6 Å². The van der Waals surface area contributed by atoms with Crippen molar-refractivity contribution in [2.45, 2.75) is 43.9 Å². The molecule has 3 heteroatoms. The SMILES string of the molecule is CCCCCCCS(=O)(=O)c1ccccc1. The predicted octanol–water partition coefficient (Wildman–Crippen LogP) is 3.43. The molecule has 0 saturated carbocycles. The zero-order valence-corrected chi connectivity index (χ0v) is 10.7. The molecule has 0 saturated heterocycles. The van der Waals surface area contributed by atoms with Crippen LogP contribution in [0.15, 0.2) is 35.2 Å². The summed E-state index contributed by atoms with van der Waals surface area (Å²) in [7, 11) is -3.05. The monoisotopic (exact) mass is 240 g/mol. The molecule has 0 atom stereocenters. The summed E-state index contributed by atoms with van der Waals surface area (Å²) < 4.78 is 23.7. The van der Waals surface area contributed by atoms with E-state index < -0.39 is 9.84 Å². The van der Waals surface area contributed by atoms with Crippen molar-refractivity contribution in [3.63, 3.8) is 0 Å². The maximum atomic E-state index is 11.9. The number of rotatable bonds is 7. The van der Waals surface area contributed by atoms with E-state index in [9.17, 15) is 8.42 Å². The summed E-state index contributed by atoms with van der Waals surface area (Å²) in [5, 5.41) is 0. The van der Waals surface area contributed by atoms with Crippen LogP contribution in [0.25, 0.3) is 0 Å². The number of benzene rings is 1. The molecule has 1 aromatic rings. The number of hydrogen-bond acceptors (Lipinski definition) is 2. The molecular weight excluding hydrogens is 220 g/mol. The maximum Gasteiger partial charge on any atom is 0.178 e. The van der Waals surface area contributed by atoms with E-state index in [1.165, 1.54) is 12.8 Å². The minimum Gasteiger partial charge on any atom is -0.224 e. The van der Waals surface area contributed by atoms with Crippen molar-refractivity contribution < 1.29 is 8.42 Å². The summed E-state index contributed by atoms with van der Waals surface area (Å²) in [4.78, 5) is 0.450. The molecule has 0 aromatic heterocycles. The first kappa shape index (κ1) is 13.2. The Bertz CT molecular complexity index is 382. The van der Waals surface area contributed by atoms with Gasteiger partial charge in [-0.05, 0) is 18.6 Å². The van der Waals surface area contributed by atoms with Crippen molar-refractivity contribution >= 4 is 9.84 Å². The van der Waals surface area contributed by atoms with E-state index in [1.54, 1.807) is 24.3 Å². The van der Waals surface area contributed by atoms with Crippen LogP contribution in [-0.4, -0.2) is 14.2 Å². The normalized spacial score (nSPS) is 11.6. The van der Waals surface area contributed by atoms with Crippen LogP contribution in [0.1, 0.15) is 39.0 Å². The second kappa shape index (κ2) is 6.69. The van der Waals surface area contributed by atoms with Gasteiger partial charge in [-0.1, -0.05) is 50.8 Å². The molecule has 90 valence electrons. The summed E-state index contributed by atoms with van der Waals surface area (Å²) >= 11 is 0. The third-order valence-electron chi connectivity index (χ3n) is 2.62. The van der Waals surface area contributed by atoms with Crippen LogP contribution in [0.4, 0.5) is 0 Å². The lowest BCUT2D eigenvalue weighted by Gasteiger charge is -2.03. The molecule has 0 aliphatic rings. The standard InChI is InChI=1S/C13H20O2S/c1-2-3-4-5-9-12-16(14,15)13-10-7-6-8-11-13/h6-8,10-11H,2-5,9,12H2,1H3. The van der Waals surface area contributed by atoms with Gasteiger partial charge in [0.1, 0.15) is 0 Å². The first-order valence-corrected chi connectivity index (χ1v) is 7.60. The van der Waals surface area contributed by atoms with Crippen LogP contribution in [0.5, 0.6) is 0 Å². The highest BCUT2D eigenvalue weighted by Gasteiger charge is 2.12. The summed E-state index contributed by atoms with van der Waals surface area (Å²) in [6.07, 6.45) is 5.31. The van der Waals surface area contributed by atoms with E-state index >= 15 is 0 Å². The first-order valence-electron chi connectivity index (χ1n) is 5.94. The Kier molecular flexibility index (Phi) is 5.53. The Hall–Kier alpha value is -0.830. The van der Waals surface area contributed by atoms with E-state index in [-0.39, 0.29) is 5.75 Å². The smallest absolute Gasteiger partial charge is 0.178 e. The Morgan fingerprint density at radius 3 is 2.19 bits per heavy atom. The fraction of sp³-hybridized carbons (Fsp3) is 0.538. The number of hydrogen-bond donors (Lipinski definition) is 0. The quantitative estimate of drug-likeness (QED) is 0.684. The van der Waals surface area contributed by atoms with Crippen LogP contribution in [-0.2, 0) is 9.84 Å². The lowest BCUT2D eigenvalue weighted by atomic mass is 10.2. The lowest BCUT2D eigenvalue weighted by molar-refractivity contribution is 0.587. The molecule has 0 N–H and O–H groups in total. The maximum absolute atomic E-state index is 11.9. The van der Waals surface area contributed by atoms with Gasteiger partial charge in [0.25, 0.3) is 0 Å². The van der Waals surface area contributed by atoms with Gasteiger partial charge in [0, 0.05) is 0 Å². The Morgan fingerprint density at radius 2 is 1.56 bits per heavy atom. The Labute approximate surface area is 98.6 Å². The van der Waals surface area contributed by atoms with E-state index in [4.69, 9.17) is 0 Å². The second-order valence-corrected chi connectivity index (χ2v) is 6.16. The molecule has 0 unspecified atom stereocenters. The molecule has 1 aromatic carbocycles. The van der Waals surface area contributed by atoms with E-state index in [0.29, 0.717) is 4.90 Å². The molecule has 0 aliphatic carbocycles. The van der Waals surface area contributed by atoms with Gasteiger partial charge in [-0.3, -0.25) is 0 Å². The van der Waals surface area contributed by atoms with Gasteiger partial charge in [-0.15, -0.1) is 0 Å². The van der Waals surface area contributed by atoms with Gasteiger partial charge < -0.3 is 0 Å². The first-order chi connectivity index (χ1) is 7.67. The van der Waals surface area contributed by atoms with E-state index in [0.717, 1.165) is 19.3 Å². The second-order valence-electron chi connectivity index (χ2n) is 4.05. The average molecular weight is 240 g/mol. The van der Waals surface area contributed by atoms with Crippen LogP contribution >= 0.6 is 0 Å². The fourth-order valence-electron chi connectivity index (χ4n) is 1.64. The highest BCUT2D eigenvalue weighted by Crippen LogP contribution is 2.13. The zero-order chi connectivity index (χ0) is 11.9. The molecule has 0 radical (unpaired) electrons. The summed E-state index contributed by atoms with van der Waals surface area (Å²) in [6, 6.07) is 8.71. The Balaban J connectivity index is 2.41. The minimum atomic E-state index is -3.05. The van der Waals surface area contributed by atoms with Crippen molar-refractivity contribution in [1.82, 2.24) is 0 Å². The lowest BCUT2D eigenvalue weighted by Crippen LogP contribution is -2.06. The van der Waals surface area contributed by atoms with E-state index in [1.807, 2.05) is 6.07 Å². The third-order valence-corrected chi connectivity index (χ3v) is 4.44. The van der Waals surface area contributed by atoms with Crippen LogP contribution < -0.4 is 0 Å². The number of unbranched alkanes of at least 4 members (excludes halogenated alkanes) is 4. The predicted molar refractivity (Wildman–Crippen MR) is 67.3 cm³/mol. The van der Waals surface area contributed by atoms with Crippen molar-refractivity contribution in [2.24, 2.45) is 0 Å². The molecule has 0 heterocycles. The molecule has 0 fully saturated rings. The summed E-state index contributed by atoms with van der Waals surface area (Å²) in [6.45, 7) is 2.15. The zero-order valence-electron chi connectivity index (χ0n) is 9.85. The molecule has 0 spiro atoms. The molecular formula is C13H20O2S. The average Bonchev–Trinajstić information content (AvgIpc) is 2.30. The van der Waals surface area contributed by atoms with Gasteiger partial charge in [0.15, 0.2) is 9.84 Å². The molecule has 1 rings (SSSR count). The summed E-state index contributed by atoms with van der Waals surface area (Å²) in [5.74, 6) is 0.278. The fourth-order valence-corrected chi connectivity index (χ4v) is 3.03. The van der Waals surface area contributed by atoms with Crippen molar-refractivity contribution in [2.75, 3.05) is 5.75 Å². The van der Waals surface area contributed by atoms with Crippen LogP contribution in [0.2, 0.25) is 0 Å². The molecule has 0 bridgehead atoms. The van der Waals surface area contributed by atoms with Crippen LogP contribution in [0, 0.1) is 0 Å². The molecule has 0 amide bonds. The number of sulfone groups is 1. The summed E-state index contributed by atoms with van der Waals surface area (Å²) in [5.41, 5.74) is 0. The highest BCUT2D eigenvalue weighted by molar-refractivity contribution is 7.91. The highest BCUT2D eigenvalue weighted by atomic mass is 32.2. The van der Waals surface area contributed by atoms with E-state index in [2.05, 4.69) is 6.92 Å². The molecule has 16 heavy (non-hydrogen) atoms. The van der Waals surface area contributed by atoms with Crippen LogP contribution in [0.3, 0.4) is 0 Å². The van der Waals surface area contributed by atoms with Crippen molar-refractivity contribution in [3.05, 3.63) is 30.3 Å². The van der Waals surface area contributed by atoms with Gasteiger partial charge >= 0.3 is 0 Å². The van der Waals surface area contributed by atoms with Gasteiger partial charge in [-0.2, -0.15) is 0 Å². The van der Waals surface area contributed by atoms with Gasteiger partial charge in [-0.25, -0.2) is 8.42 Å². The Morgan fingerprint density at radius 1 is 0.938 bits per heavy atom. The topological polar surface area (TPSA) is 34.1 Å². The molecule has 0 aliphatic heterocycles. The minimum absolute atomic E-state index is 0.278. The van der Waals surface area contributed by atoms with Crippen molar-refractivity contribution in [3.8, 4) is 0 Å². The van der Waals surface area contributed by atoms with Crippen molar-refractivity contribution in [1.29, 1.82) is 0 Å².